The van der Waals surface area contributed by atoms with Crippen LogP contribution in [0.3, 0.4) is 0 Å². The Kier molecular flexibility index (Phi) is 9.84. The number of phenols is 1. The second kappa shape index (κ2) is 11.9. The van der Waals surface area contributed by atoms with Crippen molar-refractivity contribution < 1.29 is 28.9 Å². The predicted octanol–water partition coefficient (Wildman–Crippen LogP) is 4.82. The first kappa shape index (κ1) is 27.2. The zero-order valence-corrected chi connectivity index (χ0v) is 22.1. The second-order valence-electron chi connectivity index (χ2n) is 9.52. The number of nitrogens with zero attached hydrogens (tertiary/aromatic N) is 2. The lowest BCUT2D eigenvalue weighted by Crippen LogP contribution is -2.54. The zero-order chi connectivity index (χ0) is 24.8. The first-order chi connectivity index (χ1) is 15.4. The maximum Gasteiger partial charge on any atom is 0.410 e. The highest BCUT2D eigenvalue weighted by molar-refractivity contribution is 9.10. The van der Waals surface area contributed by atoms with E-state index in [1.165, 1.54) is 6.07 Å². The van der Waals surface area contributed by atoms with E-state index in [-0.39, 0.29) is 35.6 Å². The lowest BCUT2D eigenvalue weighted by molar-refractivity contribution is 0.00750. The van der Waals surface area contributed by atoms with E-state index in [0.717, 1.165) is 12.8 Å². The summed E-state index contributed by atoms with van der Waals surface area (Å²) in [7, 11) is 1.61. The zero-order valence-electron chi connectivity index (χ0n) is 20.5. The first-order valence-electron chi connectivity index (χ1n) is 11.4. The smallest absolute Gasteiger partial charge is 0.410 e. The van der Waals surface area contributed by atoms with Crippen LogP contribution in [0, 0.1) is 0 Å². The first-order valence-corrected chi connectivity index (χ1v) is 12.2. The minimum absolute atomic E-state index is 0.0410. The predicted molar refractivity (Wildman–Crippen MR) is 130 cm³/mol. The van der Waals surface area contributed by atoms with Gasteiger partial charge in [-0.05, 0) is 75.5 Å². The molecule has 1 atom stereocenters. The number of aromatic hydroxyl groups is 1. The van der Waals surface area contributed by atoms with E-state index >= 15 is 0 Å². The van der Waals surface area contributed by atoms with Crippen LogP contribution in [0.5, 0.6) is 11.5 Å². The molecule has 0 unspecified atom stereocenters. The van der Waals surface area contributed by atoms with Crippen LogP contribution in [0.4, 0.5) is 4.79 Å². The summed E-state index contributed by atoms with van der Waals surface area (Å²) in [5.41, 5.74) is -0.175. The standard InChI is InChI=1S/C24H37BrN2O6/c1-16(2)27(17-9-7-10-26(15-17)23(30)33-24(3,4)5)22(29)18-13-21(20(28)14-19(18)25)32-12-8-11-31-6/h13-14,16-17,28H,7-12,15H2,1-6H3/t17-/m1/s1. The molecule has 2 amide bonds. The number of halogens is 1. The second-order valence-corrected chi connectivity index (χ2v) is 10.4. The molecule has 1 N–H and O–H groups in total. The summed E-state index contributed by atoms with van der Waals surface area (Å²) in [6, 6.07) is 2.81. The molecule has 1 aromatic carbocycles. The van der Waals surface area contributed by atoms with Crippen LogP contribution in [0.2, 0.25) is 0 Å². The number of rotatable bonds is 8. The number of carbonyl (C=O) groups is 2. The van der Waals surface area contributed by atoms with E-state index in [0.29, 0.717) is 42.8 Å². The van der Waals surface area contributed by atoms with Gasteiger partial charge in [0.25, 0.3) is 5.91 Å². The number of likely N-dealkylation sites (tertiary alicyclic amines) is 1. The van der Waals surface area contributed by atoms with Crippen molar-refractivity contribution in [2.24, 2.45) is 0 Å². The van der Waals surface area contributed by atoms with Gasteiger partial charge in [0.05, 0.1) is 18.2 Å². The fourth-order valence-electron chi connectivity index (χ4n) is 3.84. The molecule has 0 spiro atoms. The van der Waals surface area contributed by atoms with Gasteiger partial charge in [-0.3, -0.25) is 4.79 Å². The van der Waals surface area contributed by atoms with Crippen LogP contribution in [0.25, 0.3) is 0 Å². The number of hydrogen-bond donors (Lipinski definition) is 1. The highest BCUT2D eigenvalue weighted by Crippen LogP contribution is 2.34. The van der Waals surface area contributed by atoms with Gasteiger partial charge >= 0.3 is 6.09 Å². The minimum atomic E-state index is -0.575. The van der Waals surface area contributed by atoms with Gasteiger partial charge in [-0.1, -0.05) is 0 Å². The van der Waals surface area contributed by atoms with E-state index in [4.69, 9.17) is 14.2 Å². The van der Waals surface area contributed by atoms with E-state index in [1.807, 2.05) is 39.5 Å². The molecule has 0 aromatic heterocycles. The molecule has 9 heteroatoms. The van der Waals surface area contributed by atoms with Crippen LogP contribution < -0.4 is 4.74 Å². The topological polar surface area (TPSA) is 88.5 Å². The Morgan fingerprint density at radius 3 is 2.58 bits per heavy atom. The van der Waals surface area contributed by atoms with Gasteiger partial charge < -0.3 is 29.1 Å². The van der Waals surface area contributed by atoms with Crippen molar-refractivity contribution in [1.82, 2.24) is 9.80 Å². The SMILES string of the molecule is COCCCOc1cc(C(=O)N(C(C)C)[C@@H]2CCCN(C(=O)OC(C)(C)C)C2)c(Br)cc1O. The van der Waals surface area contributed by atoms with Crippen LogP contribution >= 0.6 is 15.9 Å². The molecule has 1 aromatic rings. The average molecular weight is 529 g/mol. The molecule has 0 saturated carbocycles. The Bertz CT molecular complexity index is 824. The van der Waals surface area contributed by atoms with Crippen molar-refractivity contribution in [3.05, 3.63) is 22.2 Å². The lowest BCUT2D eigenvalue weighted by Gasteiger charge is -2.41. The number of methoxy groups -OCH3 is 1. The third-order valence-electron chi connectivity index (χ3n) is 5.26. The number of piperidine rings is 1. The van der Waals surface area contributed by atoms with Crippen LogP contribution in [-0.2, 0) is 9.47 Å². The Balaban J connectivity index is 2.23. The third kappa shape index (κ3) is 7.78. The number of ether oxygens (including phenoxy) is 3. The maximum absolute atomic E-state index is 13.7. The Hall–Kier alpha value is -2.00. The summed E-state index contributed by atoms with van der Waals surface area (Å²) in [6.07, 6.45) is 1.88. The summed E-state index contributed by atoms with van der Waals surface area (Å²) >= 11 is 3.42. The van der Waals surface area contributed by atoms with E-state index in [2.05, 4.69) is 15.9 Å². The Labute approximate surface area is 205 Å². The fourth-order valence-corrected chi connectivity index (χ4v) is 4.34. The molecule has 33 heavy (non-hydrogen) atoms. The molecule has 1 saturated heterocycles. The Morgan fingerprint density at radius 2 is 1.97 bits per heavy atom. The van der Waals surface area contributed by atoms with Crippen molar-refractivity contribution in [3.8, 4) is 11.5 Å². The van der Waals surface area contributed by atoms with Crippen molar-refractivity contribution in [2.75, 3.05) is 33.4 Å². The highest BCUT2D eigenvalue weighted by Gasteiger charge is 2.35. The van der Waals surface area contributed by atoms with Crippen molar-refractivity contribution in [1.29, 1.82) is 0 Å². The summed E-state index contributed by atoms with van der Waals surface area (Å²) in [5, 5.41) is 10.3. The number of amides is 2. The number of hydrogen-bond acceptors (Lipinski definition) is 6. The third-order valence-corrected chi connectivity index (χ3v) is 5.92. The van der Waals surface area contributed by atoms with Crippen molar-refractivity contribution in [3.63, 3.8) is 0 Å². The Morgan fingerprint density at radius 1 is 1.27 bits per heavy atom. The molecule has 1 heterocycles. The van der Waals surface area contributed by atoms with Crippen molar-refractivity contribution >= 4 is 27.9 Å². The molecular weight excluding hydrogens is 492 g/mol. The fraction of sp³-hybridized carbons (Fsp3) is 0.667. The minimum Gasteiger partial charge on any atom is -0.504 e. The van der Waals surface area contributed by atoms with Gasteiger partial charge in [-0.2, -0.15) is 0 Å². The average Bonchev–Trinajstić information content (AvgIpc) is 2.71. The van der Waals surface area contributed by atoms with Gasteiger partial charge in [0.15, 0.2) is 11.5 Å². The van der Waals surface area contributed by atoms with Crippen LogP contribution in [0.1, 0.15) is 64.2 Å². The summed E-state index contributed by atoms with van der Waals surface area (Å²) in [6.45, 7) is 11.4. The molecule has 1 aliphatic rings. The normalized spacial score (nSPS) is 16.6. The monoisotopic (exact) mass is 528 g/mol. The van der Waals surface area contributed by atoms with Crippen LogP contribution in [0.15, 0.2) is 16.6 Å². The summed E-state index contributed by atoms with van der Waals surface area (Å²) in [4.78, 5) is 29.8. The molecule has 0 bridgehead atoms. The number of carbonyl (C=O) groups excluding carboxylic acids is 2. The van der Waals surface area contributed by atoms with Crippen LogP contribution in [-0.4, -0.2) is 78.0 Å². The number of phenolic OH excluding ortho intramolecular Hbond substituents is 1. The molecule has 2 rings (SSSR count). The maximum atomic E-state index is 13.7. The van der Waals surface area contributed by atoms with E-state index < -0.39 is 5.60 Å². The van der Waals surface area contributed by atoms with Crippen molar-refractivity contribution in [2.45, 2.75) is 71.6 Å². The van der Waals surface area contributed by atoms with Gasteiger partial charge in [0.1, 0.15) is 5.60 Å². The summed E-state index contributed by atoms with van der Waals surface area (Å²) in [5.74, 6) is 0.0238. The molecule has 1 fully saturated rings. The molecule has 8 nitrogen and oxygen atoms in total. The molecule has 0 radical (unpaired) electrons. The van der Waals surface area contributed by atoms with Gasteiger partial charge in [-0.25, -0.2) is 4.79 Å². The highest BCUT2D eigenvalue weighted by atomic mass is 79.9. The molecule has 1 aliphatic heterocycles. The van der Waals surface area contributed by atoms with Gasteiger partial charge in [0, 0.05) is 43.7 Å². The largest absolute Gasteiger partial charge is 0.504 e. The number of benzene rings is 1. The van der Waals surface area contributed by atoms with E-state index in [9.17, 15) is 14.7 Å². The molecule has 0 aliphatic carbocycles. The quantitative estimate of drug-likeness (QED) is 0.486. The summed E-state index contributed by atoms with van der Waals surface area (Å²) < 4.78 is 16.7. The van der Waals surface area contributed by atoms with Gasteiger partial charge in [-0.15, -0.1) is 0 Å². The lowest BCUT2D eigenvalue weighted by atomic mass is 10.0. The molecular formula is C24H37BrN2O6. The molecule has 186 valence electrons. The van der Waals surface area contributed by atoms with Gasteiger partial charge in [0.2, 0.25) is 0 Å². The van der Waals surface area contributed by atoms with E-state index in [1.54, 1.807) is 18.1 Å².